The van der Waals surface area contributed by atoms with Crippen molar-refractivity contribution in [2.75, 3.05) is 25.7 Å². The molecule has 0 spiro atoms. The van der Waals surface area contributed by atoms with E-state index in [1.54, 1.807) is 26.4 Å². The molecule has 0 aliphatic heterocycles. The van der Waals surface area contributed by atoms with E-state index in [4.69, 9.17) is 25.7 Å². The molecule has 0 radical (unpaired) electrons. The topological polar surface area (TPSA) is 143 Å². The monoisotopic (exact) mass is 446 g/mol. The molecule has 2 rings (SSSR count). The second-order valence-electron chi connectivity index (χ2n) is 8.66. The molecule has 0 saturated carbocycles. The van der Waals surface area contributed by atoms with Gasteiger partial charge in [0, 0.05) is 20.1 Å². The number of carbonyl (C=O) groups excluding carboxylic acids is 1. The van der Waals surface area contributed by atoms with Crippen molar-refractivity contribution in [1.29, 1.82) is 0 Å². The number of hydrogen-bond donors (Lipinski definition) is 3. The average molecular weight is 447 g/mol. The first-order chi connectivity index (χ1) is 15.0. The molecule has 0 fully saturated rings. The van der Waals surface area contributed by atoms with Crippen molar-refractivity contribution in [3.63, 3.8) is 0 Å². The molecule has 32 heavy (non-hydrogen) atoms. The summed E-state index contributed by atoms with van der Waals surface area (Å²) in [6.45, 7) is 5.52. The number of nitrogens with zero attached hydrogens (tertiary/aromatic N) is 2. The molecule has 2 aromatic rings. The van der Waals surface area contributed by atoms with E-state index in [1.807, 2.05) is 32.9 Å². The number of benzene rings is 1. The number of nitrogen functional groups attached to an aromatic ring is 2. The number of aromatic hydroxyl groups is 1. The van der Waals surface area contributed by atoms with Crippen LogP contribution >= 0.6 is 0 Å². The van der Waals surface area contributed by atoms with Crippen LogP contribution in [0, 0.1) is 5.92 Å². The minimum absolute atomic E-state index is 0.0786. The standard InChI is InChI=1S/C23H34N4O5/c1-23(2,3)32-20(29)15-11-9-14(10-12-15)7-6-8-16(21(30-4)31-5)13-17-18(24)26-22(25)27-19(17)28/h9-12,16,21H,6-8,13H2,1-5H3,(H5,24,25,26,27,28). The summed E-state index contributed by atoms with van der Waals surface area (Å²) in [6, 6.07) is 7.41. The van der Waals surface area contributed by atoms with Crippen LogP contribution in [-0.4, -0.2) is 47.2 Å². The van der Waals surface area contributed by atoms with Gasteiger partial charge in [-0.05, 0) is 64.2 Å². The SMILES string of the molecule is COC(OC)C(CCCc1ccc(C(=O)OC(C)(C)C)cc1)Cc1c(N)nc(N)nc1O. The van der Waals surface area contributed by atoms with Crippen molar-refractivity contribution >= 4 is 17.7 Å². The maximum Gasteiger partial charge on any atom is 0.338 e. The molecule has 0 aliphatic carbocycles. The lowest BCUT2D eigenvalue weighted by atomic mass is 9.92. The van der Waals surface area contributed by atoms with Crippen LogP contribution in [0.5, 0.6) is 5.88 Å². The fourth-order valence-electron chi connectivity index (χ4n) is 3.49. The molecule has 1 aromatic carbocycles. The Kier molecular flexibility index (Phi) is 8.80. The van der Waals surface area contributed by atoms with Gasteiger partial charge in [-0.3, -0.25) is 0 Å². The second-order valence-corrected chi connectivity index (χ2v) is 8.66. The van der Waals surface area contributed by atoms with Gasteiger partial charge in [0.1, 0.15) is 11.4 Å². The van der Waals surface area contributed by atoms with Crippen LogP contribution in [0.3, 0.4) is 0 Å². The molecule has 0 aliphatic rings. The van der Waals surface area contributed by atoms with E-state index >= 15 is 0 Å². The molecular weight excluding hydrogens is 412 g/mol. The van der Waals surface area contributed by atoms with Crippen LogP contribution < -0.4 is 11.5 Å². The van der Waals surface area contributed by atoms with E-state index in [2.05, 4.69) is 9.97 Å². The highest BCUT2D eigenvalue weighted by molar-refractivity contribution is 5.89. The van der Waals surface area contributed by atoms with Gasteiger partial charge in [-0.15, -0.1) is 0 Å². The molecule has 1 atom stereocenters. The molecular formula is C23H34N4O5. The van der Waals surface area contributed by atoms with Gasteiger partial charge in [0.05, 0.1) is 11.1 Å². The highest BCUT2D eigenvalue weighted by Gasteiger charge is 2.25. The third kappa shape index (κ3) is 7.35. The zero-order chi connectivity index (χ0) is 23.9. The normalized spacial score (nSPS) is 12.7. The van der Waals surface area contributed by atoms with E-state index in [1.165, 1.54) is 0 Å². The predicted molar refractivity (Wildman–Crippen MR) is 122 cm³/mol. The number of ether oxygens (including phenoxy) is 3. The fraction of sp³-hybridized carbons (Fsp3) is 0.522. The predicted octanol–water partition coefficient (Wildman–Crippen LogP) is 3.10. The van der Waals surface area contributed by atoms with Crippen molar-refractivity contribution in [3.8, 4) is 5.88 Å². The van der Waals surface area contributed by atoms with Gasteiger partial charge in [-0.2, -0.15) is 9.97 Å². The Morgan fingerprint density at radius 2 is 1.72 bits per heavy atom. The Morgan fingerprint density at radius 3 is 2.25 bits per heavy atom. The van der Waals surface area contributed by atoms with Crippen LogP contribution in [0.1, 0.15) is 55.1 Å². The van der Waals surface area contributed by atoms with Crippen LogP contribution in [0.2, 0.25) is 0 Å². The maximum absolute atomic E-state index is 12.2. The third-order valence-electron chi connectivity index (χ3n) is 4.98. The lowest BCUT2D eigenvalue weighted by molar-refractivity contribution is -0.138. The largest absolute Gasteiger partial charge is 0.493 e. The number of esters is 1. The van der Waals surface area contributed by atoms with Crippen molar-refractivity contribution in [1.82, 2.24) is 9.97 Å². The first-order valence-corrected chi connectivity index (χ1v) is 10.5. The van der Waals surface area contributed by atoms with Gasteiger partial charge in [0.25, 0.3) is 0 Å². The van der Waals surface area contributed by atoms with E-state index in [-0.39, 0.29) is 29.5 Å². The Balaban J connectivity index is 2.02. The summed E-state index contributed by atoms with van der Waals surface area (Å²) in [4.78, 5) is 19.9. The van der Waals surface area contributed by atoms with E-state index in [0.29, 0.717) is 17.5 Å². The summed E-state index contributed by atoms with van der Waals surface area (Å²) in [5, 5.41) is 10.2. The second kappa shape index (κ2) is 11.1. The smallest absolute Gasteiger partial charge is 0.338 e. The van der Waals surface area contributed by atoms with Crippen molar-refractivity contribution < 1.29 is 24.1 Å². The first kappa shape index (κ1) is 25.4. The van der Waals surface area contributed by atoms with Gasteiger partial charge < -0.3 is 30.8 Å². The Morgan fingerprint density at radius 1 is 1.09 bits per heavy atom. The number of anilines is 2. The van der Waals surface area contributed by atoms with Crippen molar-refractivity contribution in [3.05, 3.63) is 41.0 Å². The van der Waals surface area contributed by atoms with E-state index in [0.717, 1.165) is 24.8 Å². The zero-order valence-corrected chi connectivity index (χ0v) is 19.4. The van der Waals surface area contributed by atoms with Crippen LogP contribution in [0.15, 0.2) is 24.3 Å². The molecule has 9 heteroatoms. The fourth-order valence-corrected chi connectivity index (χ4v) is 3.49. The molecule has 0 bridgehead atoms. The Hall–Kier alpha value is -2.91. The van der Waals surface area contributed by atoms with Crippen LogP contribution in [0.25, 0.3) is 0 Å². The average Bonchev–Trinajstić information content (AvgIpc) is 2.70. The van der Waals surface area contributed by atoms with Gasteiger partial charge >= 0.3 is 5.97 Å². The number of methoxy groups -OCH3 is 2. The molecule has 176 valence electrons. The van der Waals surface area contributed by atoms with Crippen LogP contribution in [0.4, 0.5) is 11.8 Å². The number of aromatic nitrogens is 2. The molecule has 1 unspecified atom stereocenters. The summed E-state index contributed by atoms with van der Waals surface area (Å²) in [5.74, 6) is -0.598. The highest BCUT2D eigenvalue weighted by atomic mass is 16.7. The summed E-state index contributed by atoms with van der Waals surface area (Å²) in [5.41, 5.74) is 13.0. The van der Waals surface area contributed by atoms with Gasteiger partial charge in [-0.1, -0.05) is 12.1 Å². The lowest BCUT2D eigenvalue weighted by Crippen LogP contribution is -2.27. The number of rotatable bonds is 10. The maximum atomic E-state index is 12.2. The van der Waals surface area contributed by atoms with Crippen LogP contribution in [-0.2, 0) is 27.1 Å². The van der Waals surface area contributed by atoms with Gasteiger partial charge in [-0.25, -0.2) is 4.79 Å². The van der Waals surface area contributed by atoms with Gasteiger partial charge in [0.15, 0.2) is 6.29 Å². The van der Waals surface area contributed by atoms with Crippen molar-refractivity contribution in [2.24, 2.45) is 5.92 Å². The third-order valence-corrected chi connectivity index (χ3v) is 4.98. The van der Waals surface area contributed by atoms with E-state index in [9.17, 15) is 9.90 Å². The summed E-state index contributed by atoms with van der Waals surface area (Å²) >= 11 is 0. The lowest BCUT2D eigenvalue weighted by Gasteiger charge is -2.25. The Labute approximate surface area is 189 Å². The first-order valence-electron chi connectivity index (χ1n) is 10.5. The molecule has 1 heterocycles. The molecule has 9 nitrogen and oxygen atoms in total. The zero-order valence-electron chi connectivity index (χ0n) is 19.4. The molecule has 1 aromatic heterocycles. The minimum atomic E-state index is -0.530. The Bertz CT molecular complexity index is 869. The molecule has 0 amide bonds. The highest BCUT2D eigenvalue weighted by Crippen LogP contribution is 2.29. The number of hydrogen-bond acceptors (Lipinski definition) is 9. The summed E-state index contributed by atoms with van der Waals surface area (Å²) in [6.07, 6.45) is 2.26. The quantitative estimate of drug-likeness (QED) is 0.370. The summed E-state index contributed by atoms with van der Waals surface area (Å²) < 4.78 is 16.3. The molecule has 0 saturated heterocycles. The van der Waals surface area contributed by atoms with Crippen molar-refractivity contribution in [2.45, 2.75) is 58.3 Å². The van der Waals surface area contributed by atoms with Gasteiger partial charge in [0.2, 0.25) is 11.8 Å². The minimum Gasteiger partial charge on any atom is -0.493 e. The van der Waals surface area contributed by atoms with E-state index < -0.39 is 11.9 Å². The molecule has 5 N–H and O–H groups in total. The summed E-state index contributed by atoms with van der Waals surface area (Å²) in [7, 11) is 3.14. The number of aryl methyl sites for hydroxylation is 1. The number of nitrogens with two attached hydrogens (primary N) is 2. The number of carbonyl (C=O) groups is 1.